The molecule has 1 heterocycles. The molecule has 1 aromatic carbocycles. The molecule has 0 radical (unpaired) electrons. The molecule has 0 aliphatic carbocycles. The van der Waals surface area contributed by atoms with E-state index in [0.29, 0.717) is 4.47 Å². The molecule has 8 heteroatoms. The molecule has 0 aliphatic heterocycles. The predicted octanol–water partition coefficient (Wildman–Crippen LogP) is 3.41. The summed E-state index contributed by atoms with van der Waals surface area (Å²) in [6, 6.07) is 6.82. The fraction of sp³-hybridized carbons (Fsp3) is 0.0769. The largest absolute Gasteiger partial charge is 0.416 e. The highest BCUT2D eigenvalue weighted by Gasteiger charge is 2.31. The Hall–Kier alpha value is -2.09. The van der Waals surface area contributed by atoms with Gasteiger partial charge >= 0.3 is 6.18 Å². The SMILES string of the molecule is O=C(Nc1cc(C(F)(F)F)ccc1Br)c1cccc(=O)[nH]1. The highest BCUT2D eigenvalue weighted by Crippen LogP contribution is 2.34. The van der Waals surface area contributed by atoms with Gasteiger partial charge in [0.2, 0.25) is 5.56 Å². The van der Waals surface area contributed by atoms with Gasteiger partial charge in [-0.1, -0.05) is 6.07 Å². The molecule has 0 spiro atoms. The zero-order chi connectivity index (χ0) is 15.6. The van der Waals surface area contributed by atoms with Gasteiger partial charge in [-0.2, -0.15) is 13.2 Å². The van der Waals surface area contributed by atoms with Crippen LogP contribution in [0.1, 0.15) is 16.1 Å². The maximum Gasteiger partial charge on any atom is 0.416 e. The van der Waals surface area contributed by atoms with Crippen LogP contribution in [0.5, 0.6) is 0 Å². The molecule has 0 atom stereocenters. The molecule has 2 aromatic rings. The normalized spacial score (nSPS) is 11.2. The van der Waals surface area contributed by atoms with Crippen LogP contribution in [0.15, 0.2) is 45.7 Å². The van der Waals surface area contributed by atoms with Crippen LogP contribution in [-0.2, 0) is 6.18 Å². The molecule has 110 valence electrons. The molecular weight excluding hydrogens is 353 g/mol. The lowest BCUT2D eigenvalue weighted by atomic mass is 10.2. The number of amides is 1. The smallest absolute Gasteiger partial charge is 0.320 e. The third-order valence-electron chi connectivity index (χ3n) is 2.55. The molecule has 0 unspecified atom stereocenters. The minimum atomic E-state index is -4.51. The topological polar surface area (TPSA) is 62.0 Å². The van der Waals surface area contributed by atoms with Crippen molar-refractivity contribution in [1.82, 2.24) is 4.98 Å². The Bertz CT molecular complexity index is 741. The molecular formula is C13H8BrF3N2O2. The summed E-state index contributed by atoms with van der Waals surface area (Å²) in [5.41, 5.74) is -1.46. The van der Waals surface area contributed by atoms with Gasteiger partial charge in [-0.25, -0.2) is 0 Å². The van der Waals surface area contributed by atoms with Gasteiger partial charge in [0.15, 0.2) is 0 Å². The second kappa shape index (κ2) is 5.72. The standard InChI is InChI=1S/C13H8BrF3N2O2/c14-8-5-4-7(13(15,16)17)6-10(8)19-12(21)9-2-1-3-11(20)18-9/h1-6H,(H,18,20)(H,19,21). The van der Waals surface area contributed by atoms with Crippen LogP contribution in [0.4, 0.5) is 18.9 Å². The van der Waals surface area contributed by atoms with Crippen molar-refractivity contribution in [3.05, 3.63) is 62.5 Å². The summed E-state index contributed by atoms with van der Waals surface area (Å²) in [4.78, 5) is 25.3. The minimum Gasteiger partial charge on any atom is -0.320 e. The number of carbonyl (C=O) groups excluding carboxylic acids is 1. The van der Waals surface area contributed by atoms with Crippen LogP contribution in [0.25, 0.3) is 0 Å². The van der Waals surface area contributed by atoms with Gasteiger partial charge in [-0.05, 0) is 40.2 Å². The van der Waals surface area contributed by atoms with E-state index in [1.165, 1.54) is 24.3 Å². The number of aromatic nitrogens is 1. The Morgan fingerprint density at radius 1 is 1.19 bits per heavy atom. The third-order valence-corrected chi connectivity index (χ3v) is 3.25. The molecule has 0 fully saturated rings. The first-order valence-electron chi connectivity index (χ1n) is 5.65. The summed E-state index contributed by atoms with van der Waals surface area (Å²) in [7, 11) is 0. The number of rotatable bonds is 2. The predicted molar refractivity (Wildman–Crippen MR) is 74.2 cm³/mol. The van der Waals surface area contributed by atoms with Gasteiger partial charge in [0, 0.05) is 10.5 Å². The Balaban J connectivity index is 2.31. The lowest BCUT2D eigenvalue weighted by Gasteiger charge is -2.11. The maximum absolute atomic E-state index is 12.6. The van der Waals surface area contributed by atoms with E-state index in [-0.39, 0.29) is 11.4 Å². The average molecular weight is 361 g/mol. The van der Waals surface area contributed by atoms with Crippen LogP contribution in [0.3, 0.4) is 0 Å². The molecule has 2 N–H and O–H groups in total. The summed E-state index contributed by atoms with van der Waals surface area (Å²) in [5.74, 6) is -0.715. The zero-order valence-electron chi connectivity index (χ0n) is 10.3. The number of aromatic amines is 1. The molecule has 0 aliphatic rings. The summed E-state index contributed by atoms with van der Waals surface area (Å²) >= 11 is 3.06. The van der Waals surface area contributed by atoms with Crippen LogP contribution in [-0.4, -0.2) is 10.9 Å². The highest BCUT2D eigenvalue weighted by atomic mass is 79.9. The van der Waals surface area contributed by atoms with Crippen molar-refractivity contribution in [3.8, 4) is 0 Å². The summed E-state index contributed by atoms with van der Waals surface area (Å²) in [6.45, 7) is 0. The lowest BCUT2D eigenvalue weighted by molar-refractivity contribution is -0.137. The number of benzene rings is 1. The van der Waals surface area contributed by atoms with Crippen LogP contribution < -0.4 is 10.9 Å². The fourth-order valence-corrected chi connectivity index (χ4v) is 1.91. The Kier molecular flexibility index (Phi) is 4.17. The van der Waals surface area contributed by atoms with Gasteiger partial charge in [-0.3, -0.25) is 9.59 Å². The number of hydrogen-bond acceptors (Lipinski definition) is 2. The van der Waals surface area contributed by atoms with Gasteiger partial charge in [-0.15, -0.1) is 0 Å². The first-order valence-corrected chi connectivity index (χ1v) is 6.44. The van der Waals surface area contributed by atoms with Crippen molar-refractivity contribution in [2.45, 2.75) is 6.18 Å². The highest BCUT2D eigenvalue weighted by molar-refractivity contribution is 9.10. The van der Waals surface area contributed by atoms with Gasteiger partial charge in [0.1, 0.15) is 5.69 Å². The number of anilines is 1. The first-order chi connectivity index (χ1) is 9.77. The van der Waals surface area contributed by atoms with E-state index in [2.05, 4.69) is 26.2 Å². The van der Waals surface area contributed by atoms with Crippen LogP contribution in [0.2, 0.25) is 0 Å². The van der Waals surface area contributed by atoms with E-state index in [1.54, 1.807) is 0 Å². The number of H-pyrrole nitrogens is 1. The number of alkyl halides is 3. The Morgan fingerprint density at radius 3 is 2.52 bits per heavy atom. The van der Waals surface area contributed by atoms with E-state index < -0.39 is 23.2 Å². The van der Waals surface area contributed by atoms with Crippen molar-refractivity contribution in [2.24, 2.45) is 0 Å². The van der Waals surface area contributed by atoms with E-state index in [0.717, 1.165) is 12.1 Å². The minimum absolute atomic E-state index is 0.0421. The van der Waals surface area contributed by atoms with Crippen molar-refractivity contribution in [3.63, 3.8) is 0 Å². The molecule has 1 amide bonds. The van der Waals surface area contributed by atoms with E-state index in [1.807, 2.05) is 0 Å². The summed E-state index contributed by atoms with van der Waals surface area (Å²) in [6.07, 6.45) is -4.51. The maximum atomic E-state index is 12.6. The van der Waals surface area contributed by atoms with Crippen LogP contribution >= 0.6 is 15.9 Å². The van der Waals surface area contributed by atoms with E-state index in [4.69, 9.17) is 0 Å². The van der Waals surface area contributed by atoms with E-state index >= 15 is 0 Å². The number of pyridine rings is 1. The monoisotopic (exact) mass is 360 g/mol. The van der Waals surface area contributed by atoms with Crippen molar-refractivity contribution >= 4 is 27.5 Å². The fourth-order valence-electron chi connectivity index (χ4n) is 1.57. The lowest BCUT2D eigenvalue weighted by Crippen LogP contribution is -2.18. The second-order valence-electron chi connectivity index (χ2n) is 4.08. The second-order valence-corrected chi connectivity index (χ2v) is 4.93. The van der Waals surface area contributed by atoms with Crippen molar-refractivity contribution in [1.29, 1.82) is 0 Å². The van der Waals surface area contributed by atoms with Gasteiger partial charge < -0.3 is 10.3 Å². The summed E-state index contributed by atoms with van der Waals surface area (Å²) < 4.78 is 38.2. The van der Waals surface area contributed by atoms with Crippen LogP contribution in [0, 0.1) is 0 Å². The quantitative estimate of drug-likeness (QED) is 0.861. The molecule has 0 saturated heterocycles. The number of halogens is 4. The van der Waals surface area contributed by atoms with Crippen molar-refractivity contribution < 1.29 is 18.0 Å². The third kappa shape index (κ3) is 3.72. The zero-order valence-corrected chi connectivity index (χ0v) is 11.9. The molecule has 1 aromatic heterocycles. The molecule has 4 nitrogen and oxygen atoms in total. The molecule has 0 bridgehead atoms. The van der Waals surface area contributed by atoms with E-state index in [9.17, 15) is 22.8 Å². The number of hydrogen-bond donors (Lipinski definition) is 2. The number of nitrogens with one attached hydrogen (secondary N) is 2. The van der Waals surface area contributed by atoms with Gasteiger partial charge in [0.05, 0.1) is 11.3 Å². The molecule has 21 heavy (non-hydrogen) atoms. The average Bonchev–Trinajstić information content (AvgIpc) is 2.40. The molecule has 0 saturated carbocycles. The van der Waals surface area contributed by atoms with Gasteiger partial charge in [0.25, 0.3) is 5.91 Å². The summed E-state index contributed by atoms with van der Waals surface area (Å²) in [5, 5.41) is 2.31. The van der Waals surface area contributed by atoms with Crippen molar-refractivity contribution in [2.75, 3.05) is 5.32 Å². The Morgan fingerprint density at radius 2 is 1.90 bits per heavy atom. The first kappa shape index (κ1) is 15.3. The number of carbonyl (C=O) groups is 1. The molecule has 2 rings (SSSR count). The Labute approximate surface area is 125 Å².